The van der Waals surface area contributed by atoms with E-state index in [1.165, 1.54) is 123 Å². The van der Waals surface area contributed by atoms with E-state index in [0.717, 1.165) is 0 Å². The monoisotopic (exact) mass is 837 g/mol. The number of aryl methyl sites for hydroxylation is 2. The van der Waals surface area contributed by atoms with Crippen molar-refractivity contribution in [2.45, 2.75) is 46.3 Å². The molecule has 4 unspecified atom stereocenters. The van der Waals surface area contributed by atoms with Crippen LogP contribution in [-0.2, 0) is 5.41 Å². The summed E-state index contributed by atoms with van der Waals surface area (Å²) in [5.74, 6) is 1.20. The maximum atomic E-state index is 2.71. The molecular formula is C60H47N5+4. The second kappa shape index (κ2) is 11.6. The standard InChI is InChI=1S/C60H47N5/c1-37-34-48-46-25-17-29-53-57(46)63(58-47(49(48)35-38(37)2)31-30-45-44-22-12-13-26-50(44)62(55(45)58)54-36-41(60(3,4)5)32-33-61(54)63)59-64(53)51-27-14-15-28-52(51)65(59,64)56-42(39-18-8-6-9-19-39)23-16-24-43(56)40-20-10-7-11-21-40/h6-36,59H,1-5H3/q+4. The first-order chi connectivity index (χ1) is 31.7. The summed E-state index contributed by atoms with van der Waals surface area (Å²) >= 11 is 0. The van der Waals surface area contributed by atoms with Gasteiger partial charge in [-0.2, -0.15) is 4.57 Å². The Morgan fingerprint density at radius 3 is 1.71 bits per heavy atom. The highest BCUT2D eigenvalue weighted by Crippen LogP contribution is 2.86. The summed E-state index contributed by atoms with van der Waals surface area (Å²) in [6.45, 7) is 11.6. The molecule has 5 heteroatoms. The van der Waals surface area contributed by atoms with Crippen LogP contribution < -0.4 is 18.5 Å². The van der Waals surface area contributed by atoms with Gasteiger partial charge >= 0.3 is 12.1 Å². The highest BCUT2D eigenvalue weighted by Gasteiger charge is 3.11. The van der Waals surface area contributed by atoms with Crippen molar-refractivity contribution in [3.63, 3.8) is 0 Å². The third kappa shape index (κ3) is 3.84. The Morgan fingerprint density at radius 1 is 0.462 bits per heavy atom. The maximum absolute atomic E-state index is 2.71. The Morgan fingerprint density at radius 2 is 1.03 bits per heavy atom. The minimum absolute atomic E-state index is 0.0689. The SMILES string of the molecule is Cc1cc2c(cc1C)-c1ccc3c4ccccc4n4c3c1[N+]1(c3c-2cccc3[N+]23c5ccccc5[N+]2(c2c(-c5ccccc5)cccc2-c2ccccc2)C13)[n+]1ccc(C(C)(C)C)cc1-4. The number of aromatic nitrogens is 2. The van der Waals surface area contributed by atoms with Crippen LogP contribution in [0.4, 0.5) is 34.1 Å². The van der Waals surface area contributed by atoms with Crippen LogP contribution in [0, 0.1) is 13.8 Å². The van der Waals surface area contributed by atoms with Crippen molar-refractivity contribution in [1.29, 1.82) is 0 Å². The summed E-state index contributed by atoms with van der Waals surface area (Å²) in [5, 5.41) is 2.58. The Labute approximate surface area is 378 Å². The van der Waals surface area contributed by atoms with E-state index < -0.39 is 0 Å². The Bertz CT molecular complexity index is 3740. The van der Waals surface area contributed by atoms with Crippen LogP contribution in [0.25, 0.3) is 72.1 Å². The maximum Gasteiger partial charge on any atom is 0.498 e. The highest BCUT2D eigenvalue weighted by molar-refractivity contribution is 6.20. The van der Waals surface area contributed by atoms with Crippen molar-refractivity contribution in [2.24, 2.45) is 0 Å². The van der Waals surface area contributed by atoms with E-state index in [4.69, 9.17) is 0 Å². The molecule has 1 fully saturated rings. The molecule has 0 radical (unpaired) electrons. The van der Waals surface area contributed by atoms with Gasteiger partial charge in [0.2, 0.25) is 16.9 Å². The normalized spacial score (nSPS) is 22.0. The largest absolute Gasteiger partial charge is 0.498 e. The Kier molecular flexibility index (Phi) is 6.44. The quantitative estimate of drug-likeness (QED) is 0.0952. The molecule has 0 N–H and O–H groups in total. The molecule has 2 aromatic heterocycles. The zero-order valence-electron chi connectivity index (χ0n) is 37.2. The minimum atomic E-state index is -0.0762. The first-order valence-corrected chi connectivity index (χ1v) is 23.1. The lowest BCUT2D eigenvalue weighted by atomic mass is 9.87. The van der Waals surface area contributed by atoms with Crippen LogP contribution in [0.2, 0.25) is 0 Å². The van der Waals surface area contributed by atoms with Gasteiger partial charge in [0, 0.05) is 59.9 Å². The first kappa shape index (κ1) is 36.0. The van der Waals surface area contributed by atoms with E-state index in [1.54, 1.807) is 0 Å². The van der Waals surface area contributed by atoms with E-state index in [-0.39, 0.29) is 11.7 Å². The van der Waals surface area contributed by atoms with Gasteiger partial charge in [-0.3, -0.25) is 0 Å². The molecule has 8 aromatic carbocycles. The number of hydrogen-bond acceptors (Lipinski definition) is 0. The summed E-state index contributed by atoms with van der Waals surface area (Å²) in [6, 6.07) is 69.9. The molecule has 0 saturated carbocycles. The number of nitrogens with zero attached hydrogens (tertiary/aromatic N) is 5. The van der Waals surface area contributed by atoms with Crippen molar-refractivity contribution in [3.8, 4) is 50.3 Å². The third-order valence-electron chi connectivity index (χ3n) is 16.0. The summed E-state index contributed by atoms with van der Waals surface area (Å²) in [6.07, 6.45) is 2.39. The molecule has 0 bridgehead atoms. The molecule has 5 nitrogen and oxygen atoms in total. The molecule has 10 aromatic rings. The highest BCUT2D eigenvalue weighted by atomic mass is 16.2. The number of para-hydroxylation sites is 5. The van der Waals surface area contributed by atoms with Crippen LogP contribution in [0.5, 0.6) is 0 Å². The summed E-state index contributed by atoms with van der Waals surface area (Å²) in [4.78, 5) is 0. The average Bonchev–Trinajstić information content (AvgIpc) is 3.57. The zero-order valence-corrected chi connectivity index (χ0v) is 37.2. The van der Waals surface area contributed by atoms with Gasteiger partial charge in [-0.25, -0.2) is 0 Å². The number of hydrogen-bond donors (Lipinski definition) is 0. The van der Waals surface area contributed by atoms with Crippen molar-refractivity contribution in [1.82, 2.24) is 18.3 Å². The second-order valence-electron chi connectivity index (χ2n) is 20.1. The number of benzene rings is 8. The van der Waals surface area contributed by atoms with Crippen LogP contribution in [0.1, 0.15) is 37.5 Å². The average molecular weight is 838 g/mol. The van der Waals surface area contributed by atoms with Gasteiger partial charge in [0.1, 0.15) is 5.52 Å². The molecule has 7 heterocycles. The van der Waals surface area contributed by atoms with Crippen LogP contribution in [0.15, 0.2) is 188 Å². The van der Waals surface area contributed by atoms with E-state index in [2.05, 4.69) is 232 Å². The van der Waals surface area contributed by atoms with Gasteiger partial charge in [0.05, 0.1) is 11.1 Å². The van der Waals surface area contributed by atoms with Crippen LogP contribution in [0.3, 0.4) is 0 Å². The van der Waals surface area contributed by atoms with Gasteiger partial charge < -0.3 is 0 Å². The molecular weight excluding hydrogens is 791 g/mol. The fourth-order valence-corrected chi connectivity index (χ4v) is 13.4. The first-order valence-electron chi connectivity index (χ1n) is 23.1. The minimum Gasteiger partial charge on any atom is -0.181 e. The smallest absolute Gasteiger partial charge is 0.181 e. The summed E-state index contributed by atoms with van der Waals surface area (Å²) < 4.78 is 7.20. The van der Waals surface area contributed by atoms with Crippen molar-refractivity contribution in [2.75, 3.05) is 0 Å². The van der Waals surface area contributed by atoms with Crippen molar-refractivity contribution >= 4 is 55.9 Å². The van der Waals surface area contributed by atoms with Crippen LogP contribution in [-0.4, -0.2) is 10.9 Å². The summed E-state index contributed by atoms with van der Waals surface area (Å²) in [5.41, 5.74) is 24.8. The van der Waals surface area contributed by atoms with Gasteiger partial charge in [-0.1, -0.05) is 130 Å². The van der Waals surface area contributed by atoms with E-state index in [1.807, 2.05) is 0 Å². The van der Waals surface area contributed by atoms with Gasteiger partial charge in [-0.15, -0.1) is 0 Å². The molecule has 0 aliphatic carbocycles. The third-order valence-corrected chi connectivity index (χ3v) is 16.0. The molecule has 5 aliphatic heterocycles. The molecule has 308 valence electrons. The van der Waals surface area contributed by atoms with E-state index >= 15 is 0 Å². The van der Waals surface area contributed by atoms with E-state index in [9.17, 15) is 0 Å². The van der Waals surface area contributed by atoms with Crippen molar-refractivity contribution in [3.05, 3.63) is 205 Å². The number of quaternary nitrogens is 3. The number of pyridine rings is 1. The second-order valence-corrected chi connectivity index (χ2v) is 20.1. The van der Waals surface area contributed by atoms with Gasteiger partial charge in [-0.05, 0) is 111 Å². The molecule has 2 spiro atoms. The number of fused-ring (bicyclic) bond motifs is 11. The van der Waals surface area contributed by atoms with Crippen molar-refractivity contribution < 1.29 is 4.68 Å². The molecule has 0 amide bonds. The lowest BCUT2D eigenvalue weighted by Crippen LogP contribution is -2.74. The Balaban J connectivity index is 1.21. The van der Waals surface area contributed by atoms with E-state index in [0.29, 0.717) is 13.8 Å². The molecule has 1 saturated heterocycles. The fraction of sp³-hybridized carbons (Fsp3) is 0.117. The lowest BCUT2D eigenvalue weighted by Gasteiger charge is -2.35. The zero-order chi connectivity index (χ0) is 43.4. The molecule has 4 atom stereocenters. The predicted octanol–water partition coefficient (Wildman–Crippen LogP) is 14.9. The Hall–Kier alpha value is -7.41. The molecule has 15 rings (SSSR count). The molecule has 65 heavy (non-hydrogen) atoms. The fourth-order valence-electron chi connectivity index (χ4n) is 13.4. The summed E-state index contributed by atoms with van der Waals surface area (Å²) in [7, 11) is 0. The van der Waals surface area contributed by atoms with Gasteiger partial charge in [0.25, 0.3) is 22.7 Å². The van der Waals surface area contributed by atoms with Crippen LogP contribution >= 0.6 is 0 Å². The predicted molar refractivity (Wildman–Crippen MR) is 267 cm³/mol. The molecule has 5 aliphatic rings. The van der Waals surface area contributed by atoms with Gasteiger partial charge in [0.15, 0.2) is 6.20 Å². The lowest BCUT2D eigenvalue weighted by molar-refractivity contribution is -0.793. The topological polar surface area (TPSA) is 8.81 Å². The number of rotatable bonds is 3.